The fourth-order valence-corrected chi connectivity index (χ4v) is 4.46. The molecule has 4 aliphatic rings. The minimum Gasteiger partial charge on any atom is -0.481 e. The Morgan fingerprint density at radius 3 is 1.50 bits per heavy atom. The Morgan fingerprint density at radius 1 is 0.850 bits per heavy atom. The molecule has 0 aromatic heterocycles. The molecular weight excluding hydrogens is 284 g/mol. The van der Waals surface area contributed by atoms with Crippen LogP contribution in [0.15, 0.2) is 0 Å². The van der Waals surface area contributed by atoms with Crippen LogP contribution in [0, 0.1) is 22.7 Å². The van der Waals surface area contributed by atoms with E-state index in [-0.39, 0.29) is 0 Å². The lowest BCUT2D eigenvalue weighted by Gasteiger charge is -2.64. The van der Waals surface area contributed by atoms with Gasteiger partial charge in [-0.15, -0.1) is 0 Å². The highest BCUT2D eigenvalue weighted by molar-refractivity contribution is 5.83. The lowest BCUT2D eigenvalue weighted by Crippen LogP contribution is -2.74. The first-order valence-corrected chi connectivity index (χ1v) is 6.24. The molecule has 4 aliphatic carbocycles. The number of hydrogen-bond acceptors (Lipinski definition) is 2. The Labute approximate surface area is 110 Å². The summed E-state index contributed by atoms with van der Waals surface area (Å²) >= 11 is 0. The third kappa shape index (κ3) is 1.11. The molecule has 4 fully saturated rings. The van der Waals surface area contributed by atoms with Crippen LogP contribution in [0.5, 0.6) is 0 Å². The van der Waals surface area contributed by atoms with Crippen molar-refractivity contribution >= 4 is 11.9 Å². The van der Waals surface area contributed by atoms with Crippen molar-refractivity contribution in [3.63, 3.8) is 0 Å². The molecule has 0 aromatic rings. The zero-order chi connectivity index (χ0) is 15.1. The van der Waals surface area contributed by atoms with Crippen molar-refractivity contribution in [2.45, 2.75) is 37.5 Å². The first kappa shape index (κ1) is 13.6. The smallest absolute Gasteiger partial charge is 0.315 e. The highest BCUT2D eigenvalue weighted by Crippen LogP contribution is 2.74. The van der Waals surface area contributed by atoms with Gasteiger partial charge in [0.15, 0.2) is 0 Å². The molecule has 2 N–H and O–H groups in total. The van der Waals surface area contributed by atoms with Gasteiger partial charge in [0.05, 0.1) is 0 Å². The predicted molar refractivity (Wildman–Crippen MR) is 55.5 cm³/mol. The molecule has 8 heteroatoms. The average molecular weight is 296 g/mol. The van der Waals surface area contributed by atoms with Crippen LogP contribution in [0.3, 0.4) is 0 Å². The molecule has 4 bridgehead atoms. The van der Waals surface area contributed by atoms with E-state index in [1.54, 1.807) is 0 Å². The van der Waals surface area contributed by atoms with Gasteiger partial charge in [-0.1, -0.05) is 0 Å². The normalized spacial score (nSPS) is 47.2. The summed E-state index contributed by atoms with van der Waals surface area (Å²) in [6.07, 6.45) is -3.47. The standard InChI is InChI=1S/C12H12F4O4/c13-11(14)5-1-6-3-10(11,8(19)20)4-9(2-5,7(17)18)12(6,15)16/h5-6H,1-4H2,(H,17,18)(H,19,20). The van der Waals surface area contributed by atoms with Crippen molar-refractivity contribution in [2.24, 2.45) is 22.7 Å². The van der Waals surface area contributed by atoms with Gasteiger partial charge in [0, 0.05) is 11.8 Å². The second-order valence-corrected chi connectivity index (χ2v) is 6.24. The number of carboxylic acids is 2. The lowest BCUT2D eigenvalue weighted by molar-refractivity contribution is -0.337. The summed E-state index contributed by atoms with van der Waals surface area (Å²) in [6, 6.07) is 0. The summed E-state index contributed by atoms with van der Waals surface area (Å²) < 4.78 is 57.1. The van der Waals surface area contributed by atoms with Crippen molar-refractivity contribution in [1.82, 2.24) is 0 Å². The van der Waals surface area contributed by atoms with E-state index >= 15 is 0 Å². The van der Waals surface area contributed by atoms with Gasteiger partial charge < -0.3 is 10.2 Å². The van der Waals surface area contributed by atoms with E-state index in [9.17, 15) is 27.2 Å². The van der Waals surface area contributed by atoms with E-state index < -0.39 is 72.1 Å². The van der Waals surface area contributed by atoms with Crippen LogP contribution in [0.2, 0.25) is 0 Å². The van der Waals surface area contributed by atoms with Crippen molar-refractivity contribution in [2.75, 3.05) is 0 Å². The number of aliphatic carboxylic acids is 2. The molecule has 0 amide bonds. The minimum atomic E-state index is -3.65. The summed E-state index contributed by atoms with van der Waals surface area (Å²) in [7, 11) is 0. The van der Waals surface area contributed by atoms with Gasteiger partial charge >= 0.3 is 11.9 Å². The molecule has 4 nitrogen and oxygen atoms in total. The van der Waals surface area contributed by atoms with Gasteiger partial charge in [-0.25, -0.2) is 17.6 Å². The monoisotopic (exact) mass is 296 g/mol. The molecule has 0 aromatic carbocycles. The SMILES string of the molecule is O=C(O)C12CC3CC(CC(C(=O)O)(C1)C3(F)F)C2(F)F. The molecule has 0 spiro atoms. The molecule has 4 saturated carbocycles. The van der Waals surface area contributed by atoms with Crippen LogP contribution in [-0.4, -0.2) is 34.0 Å². The molecule has 4 atom stereocenters. The highest BCUT2D eigenvalue weighted by atomic mass is 19.3. The van der Waals surface area contributed by atoms with Gasteiger partial charge in [-0.2, -0.15) is 0 Å². The van der Waals surface area contributed by atoms with Gasteiger partial charge in [-0.05, 0) is 25.7 Å². The third-order valence-electron chi connectivity index (χ3n) is 5.48. The zero-order valence-electron chi connectivity index (χ0n) is 10.2. The lowest BCUT2D eigenvalue weighted by atomic mass is 9.41. The number of carboxylic acid groups (broad SMARTS) is 2. The minimum absolute atomic E-state index is 0.524. The Hall–Kier alpha value is -1.34. The first-order valence-electron chi connectivity index (χ1n) is 6.24. The summed E-state index contributed by atoms with van der Waals surface area (Å²) in [5.41, 5.74) is -5.36. The van der Waals surface area contributed by atoms with Crippen molar-refractivity contribution in [1.29, 1.82) is 0 Å². The molecule has 0 radical (unpaired) electrons. The van der Waals surface area contributed by atoms with Gasteiger partial charge in [0.25, 0.3) is 11.8 Å². The number of hydrogen-bond donors (Lipinski definition) is 2. The largest absolute Gasteiger partial charge is 0.481 e. The van der Waals surface area contributed by atoms with Gasteiger partial charge in [-0.3, -0.25) is 9.59 Å². The van der Waals surface area contributed by atoms with E-state index in [4.69, 9.17) is 10.2 Å². The number of halogens is 4. The van der Waals surface area contributed by atoms with E-state index in [0.29, 0.717) is 0 Å². The van der Waals surface area contributed by atoms with E-state index in [1.165, 1.54) is 0 Å². The van der Waals surface area contributed by atoms with Gasteiger partial charge in [0.1, 0.15) is 10.8 Å². The molecule has 0 aliphatic heterocycles. The number of carbonyl (C=O) groups is 2. The van der Waals surface area contributed by atoms with Crippen molar-refractivity contribution in [3.05, 3.63) is 0 Å². The van der Waals surface area contributed by atoms with Crippen LogP contribution in [0.1, 0.15) is 25.7 Å². The summed E-state index contributed by atoms with van der Waals surface area (Å²) in [5, 5.41) is 18.3. The summed E-state index contributed by atoms with van der Waals surface area (Å²) in [4.78, 5) is 22.7. The zero-order valence-corrected chi connectivity index (χ0v) is 10.2. The van der Waals surface area contributed by atoms with E-state index in [0.717, 1.165) is 0 Å². The maximum absolute atomic E-state index is 14.3. The Balaban J connectivity index is 2.22. The maximum atomic E-state index is 14.3. The van der Waals surface area contributed by atoms with E-state index in [1.807, 2.05) is 0 Å². The topological polar surface area (TPSA) is 74.6 Å². The quantitative estimate of drug-likeness (QED) is 0.766. The van der Waals surface area contributed by atoms with Crippen LogP contribution in [-0.2, 0) is 9.59 Å². The molecule has 4 unspecified atom stereocenters. The van der Waals surface area contributed by atoms with Crippen LogP contribution in [0.25, 0.3) is 0 Å². The fourth-order valence-electron chi connectivity index (χ4n) is 4.46. The molecule has 4 rings (SSSR count). The van der Waals surface area contributed by atoms with E-state index in [2.05, 4.69) is 0 Å². The number of rotatable bonds is 2. The van der Waals surface area contributed by atoms with Crippen molar-refractivity contribution < 1.29 is 37.4 Å². The Bertz CT molecular complexity index is 476. The molecule has 0 saturated heterocycles. The van der Waals surface area contributed by atoms with Crippen LogP contribution >= 0.6 is 0 Å². The molecule has 20 heavy (non-hydrogen) atoms. The maximum Gasteiger partial charge on any atom is 0.315 e. The highest BCUT2D eigenvalue weighted by Gasteiger charge is 2.84. The molecular formula is C12H12F4O4. The van der Waals surface area contributed by atoms with Crippen LogP contribution < -0.4 is 0 Å². The third-order valence-corrected chi connectivity index (χ3v) is 5.48. The summed E-state index contributed by atoms with van der Waals surface area (Å²) in [6.45, 7) is 0. The predicted octanol–water partition coefficient (Wildman–Crippen LogP) is 2.23. The van der Waals surface area contributed by atoms with Gasteiger partial charge in [0.2, 0.25) is 0 Å². The average Bonchev–Trinajstić information content (AvgIpc) is 2.25. The van der Waals surface area contributed by atoms with Crippen molar-refractivity contribution in [3.8, 4) is 0 Å². The Morgan fingerprint density at radius 2 is 1.20 bits per heavy atom. The van der Waals surface area contributed by atoms with Crippen LogP contribution in [0.4, 0.5) is 17.6 Å². The second-order valence-electron chi connectivity index (χ2n) is 6.24. The second kappa shape index (κ2) is 3.28. The summed E-state index contributed by atoms with van der Waals surface area (Å²) in [5.74, 6) is -14.3. The molecule has 112 valence electrons. The first-order chi connectivity index (χ1) is 9.01. The fraction of sp³-hybridized carbons (Fsp3) is 0.833. The molecule has 0 heterocycles. The number of alkyl halides is 4. The Kier molecular flexibility index (Phi) is 2.24.